The van der Waals surface area contributed by atoms with E-state index in [4.69, 9.17) is 4.74 Å². The lowest BCUT2D eigenvalue weighted by atomic mass is 10.0. The maximum Gasteiger partial charge on any atom is 0.333 e. The molecule has 1 aromatic rings. The van der Waals surface area contributed by atoms with Gasteiger partial charge in [0.05, 0.1) is 12.6 Å². The molecule has 0 saturated heterocycles. The highest BCUT2D eigenvalue weighted by Crippen LogP contribution is 2.34. The van der Waals surface area contributed by atoms with Gasteiger partial charge in [0.2, 0.25) is 5.91 Å². The van der Waals surface area contributed by atoms with Gasteiger partial charge in [-0.25, -0.2) is 0 Å². The fourth-order valence-corrected chi connectivity index (χ4v) is 4.93. The lowest BCUT2D eigenvalue weighted by Gasteiger charge is -2.18. The highest BCUT2D eigenvalue weighted by atomic mass is 31.2. The van der Waals surface area contributed by atoms with Crippen molar-refractivity contribution in [1.82, 2.24) is 5.32 Å². The Morgan fingerprint density at radius 1 is 0.811 bits per heavy atom. The van der Waals surface area contributed by atoms with Crippen molar-refractivity contribution < 1.29 is 28.7 Å². The van der Waals surface area contributed by atoms with Crippen molar-refractivity contribution in [3.63, 3.8) is 0 Å². The van der Waals surface area contributed by atoms with Crippen LogP contribution in [0.3, 0.4) is 0 Å². The molecule has 1 rings (SSSR count). The van der Waals surface area contributed by atoms with E-state index < -0.39 is 25.6 Å². The molecule has 37 heavy (non-hydrogen) atoms. The summed E-state index contributed by atoms with van der Waals surface area (Å²) in [5.74, 6) is -0.191. The standard InChI is InChI=1S/C29H50NO6P/c1-3-5-6-7-8-9-10-11-12-13-14-15-16-17-29(32)30-27(28(31)24-37(33,34)35)23-25-18-20-26(21-19-25)36-22-4-2/h18-21,27H,3-17,22-24H2,1-2H3,(H,30,32)(H2,33,34,35)/t27-/m1/s1. The normalized spacial score (nSPS) is 12.3. The van der Waals surface area contributed by atoms with E-state index in [2.05, 4.69) is 12.2 Å². The monoisotopic (exact) mass is 539 g/mol. The number of carbonyl (C=O) groups is 2. The molecule has 1 atom stereocenters. The van der Waals surface area contributed by atoms with Gasteiger partial charge in [0.25, 0.3) is 0 Å². The SMILES string of the molecule is CCCCCCCCCCCCCCCC(=O)N[C@H](Cc1ccc(OCCC)cc1)C(=O)CP(=O)(O)O. The van der Waals surface area contributed by atoms with Gasteiger partial charge in [-0.3, -0.25) is 14.2 Å². The van der Waals surface area contributed by atoms with E-state index in [-0.39, 0.29) is 12.3 Å². The average molecular weight is 540 g/mol. The lowest BCUT2D eigenvalue weighted by molar-refractivity contribution is -0.126. The fourth-order valence-electron chi connectivity index (χ4n) is 4.31. The second-order valence-corrected chi connectivity index (χ2v) is 11.7. The Balaban J connectivity index is 2.35. The zero-order valence-electron chi connectivity index (χ0n) is 23.1. The third kappa shape index (κ3) is 18.2. The Bertz CT molecular complexity index is 792. The Kier molecular flexibility index (Phi) is 18.3. The van der Waals surface area contributed by atoms with Crippen molar-refractivity contribution in [2.24, 2.45) is 0 Å². The van der Waals surface area contributed by atoms with Crippen molar-refractivity contribution >= 4 is 19.3 Å². The summed E-state index contributed by atoms with van der Waals surface area (Å²) < 4.78 is 16.9. The minimum absolute atomic E-state index is 0.178. The van der Waals surface area contributed by atoms with Crippen LogP contribution in [0.2, 0.25) is 0 Å². The number of carbonyl (C=O) groups excluding carboxylic acids is 2. The maximum absolute atomic E-state index is 12.6. The predicted molar refractivity (Wildman–Crippen MR) is 150 cm³/mol. The lowest BCUT2D eigenvalue weighted by Crippen LogP contribution is -2.43. The van der Waals surface area contributed by atoms with E-state index in [1.807, 2.05) is 6.92 Å². The number of ether oxygens (including phenoxy) is 1. The van der Waals surface area contributed by atoms with Gasteiger partial charge in [-0.05, 0) is 37.0 Å². The molecule has 0 aromatic heterocycles. The molecule has 0 saturated carbocycles. The molecule has 1 amide bonds. The molecule has 0 spiro atoms. The van der Waals surface area contributed by atoms with Crippen LogP contribution in [0.15, 0.2) is 24.3 Å². The molecule has 0 unspecified atom stereocenters. The smallest absolute Gasteiger partial charge is 0.333 e. The van der Waals surface area contributed by atoms with Crippen LogP contribution < -0.4 is 10.1 Å². The number of amides is 1. The molecule has 0 bridgehead atoms. The number of hydrogen-bond donors (Lipinski definition) is 3. The van der Waals surface area contributed by atoms with Crippen LogP contribution in [0, 0.1) is 0 Å². The van der Waals surface area contributed by atoms with Crippen LogP contribution in [0.25, 0.3) is 0 Å². The number of Topliss-reactive ketones (excluding diaryl/α,β-unsaturated/α-hetero) is 1. The van der Waals surface area contributed by atoms with Gasteiger partial charge in [0.1, 0.15) is 11.9 Å². The first-order chi connectivity index (χ1) is 17.7. The quantitative estimate of drug-likeness (QED) is 0.105. The summed E-state index contributed by atoms with van der Waals surface area (Å²) in [5, 5.41) is 2.72. The molecule has 8 heteroatoms. The molecule has 212 valence electrons. The molecule has 0 aliphatic rings. The largest absolute Gasteiger partial charge is 0.494 e. The van der Waals surface area contributed by atoms with E-state index in [1.165, 1.54) is 64.2 Å². The van der Waals surface area contributed by atoms with Gasteiger partial charge in [-0.1, -0.05) is 103 Å². The van der Waals surface area contributed by atoms with Crippen molar-refractivity contribution in [1.29, 1.82) is 0 Å². The van der Waals surface area contributed by atoms with E-state index in [1.54, 1.807) is 24.3 Å². The Labute approximate surface area is 224 Å². The minimum atomic E-state index is -4.52. The number of benzene rings is 1. The number of unbranched alkanes of at least 4 members (excludes halogenated alkanes) is 12. The van der Waals surface area contributed by atoms with Crippen LogP contribution in [0.1, 0.15) is 116 Å². The van der Waals surface area contributed by atoms with E-state index in [0.717, 1.165) is 37.0 Å². The number of ketones is 1. The summed E-state index contributed by atoms with van der Waals surface area (Å²) in [6.07, 6.45) is 16.4. The van der Waals surface area contributed by atoms with Crippen LogP contribution in [-0.4, -0.2) is 40.3 Å². The minimum Gasteiger partial charge on any atom is -0.494 e. The molecule has 0 radical (unpaired) electrons. The Morgan fingerprint density at radius 3 is 1.81 bits per heavy atom. The molecule has 0 fully saturated rings. The summed E-state index contributed by atoms with van der Waals surface area (Å²) in [5.41, 5.74) is 0.786. The third-order valence-corrected chi connectivity index (χ3v) is 7.15. The second-order valence-electron chi connectivity index (χ2n) is 10.1. The van der Waals surface area contributed by atoms with Crippen molar-refractivity contribution in [2.75, 3.05) is 12.8 Å². The van der Waals surface area contributed by atoms with E-state index in [9.17, 15) is 23.9 Å². The zero-order valence-corrected chi connectivity index (χ0v) is 24.0. The molecule has 0 aliphatic carbocycles. The highest BCUT2D eigenvalue weighted by molar-refractivity contribution is 7.52. The Morgan fingerprint density at radius 2 is 1.32 bits per heavy atom. The van der Waals surface area contributed by atoms with Crippen molar-refractivity contribution in [3.8, 4) is 5.75 Å². The molecule has 0 heterocycles. The maximum atomic E-state index is 12.6. The summed E-state index contributed by atoms with van der Waals surface area (Å²) in [4.78, 5) is 43.6. The van der Waals surface area contributed by atoms with Crippen LogP contribution in [-0.2, 0) is 20.6 Å². The van der Waals surface area contributed by atoms with Crippen molar-refractivity contribution in [3.05, 3.63) is 29.8 Å². The first kappa shape index (κ1) is 33.3. The van der Waals surface area contributed by atoms with Gasteiger partial charge >= 0.3 is 7.60 Å². The van der Waals surface area contributed by atoms with Crippen molar-refractivity contribution in [2.45, 2.75) is 123 Å². The molecular formula is C29H50NO6P. The molecule has 3 N–H and O–H groups in total. The number of hydrogen-bond acceptors (Lipinski definition) is 4. The third-order valence-electron chi connectivity index (χ3n) is 6.43. The first-order valence-corrected chi connectivity index (χ1v) is 16.1. The van der Waals surface area contributed by atoms with Crippen LogP contribution >= 0.6 is 7.60 Å². The zero-order chi connectivity index (χ0) is 27.4. The fraction of sp³-hybridized carbons (Fsp3) is 0.724. The van der Waals surface area contributed by atoms with Crippen LogP contribution in [0.4, 0.5) is 0 Å². The second kappa shape index (κ2) is 20.3. The summed E-state index contributed by atoms with van der Waals surface area (Å²) in [7, 11) is -4.52. The highest BCUT2D eigenvalue weighted by Gasteiger charge is 2.27. The average Bonchev–Trinajstić information content (AvgIpc) is 2.85. The Hall–Kier alpha value is -1.69. The van der Waals surface area contributed by atoms with Gasteiger partial charge in [0.15, 0.2) is 5.78 Å². The number of rotatable bonds is 23. The summed E-state index contributed by atoms with van der Waals surface area (Å²) >= 11 is 0. The van der Waals surface area contributed by atoms with Gasteiger partial charge < -0.3 is 19.8 Å². The van der Waals surface area contributed by atoms with E-state index >= 15 is 0 Å². The van der Waals surface area contributed by atoms with Crippen LogP contribution in [0.5, 0.6) is 5.75 Å². The van der Waals surface area contributed by atoms with Gasteiger partial charge in [-0.15, -0.1) is 0 Å². The van der Waals surface area contributed by atoms with Gasteiger partial charge in [0, 0.05) is 6.42 Å². The molecule has 0 aliphatic heterocycles. The predicted octanol–water partition coefficient (Wildman–Crippen LogP) is 6.73. The van der Waals surface area contributed by atoms with E-state index in [0.29, 0.717) is 13.0 Å². The first-order valence-electron chi connectivity index (χ1n) is 14.3. The number of nitrogens with one attached hydrogen (secondary N) is 1. The summed E-state index contributed by atoms with van der Waals surface area (Å²) in [6.45, 7) is 4.87. The van der Waals surface area contributed by atoms with Gasteiger partial charge in [-0.2, -0.15) is 0 Å². The topological polar surface area (TPSA) is 113 Å². The summed E-state index contributed by atoms with van der Waals surface area (Å²) in [6, 6.07) is 6.24. The molecule has 1 aromatic carbocycles. The molecular weight excluding hydrogens is 489 g/mol. The molecule has 7 nitrogen and oxygen atoms in total.